The van der Waals surface area contributed by atoms with Crippen molar-refractivity contribution in [3.63, 3.8) is 0 Å². The predicted octanol–water partition coefficient (Wildman–Crippen LogP) is 3.68. The van der Waals surface area contributed by atoms with E-state index < -0.39 is 0 Å². The zero-order valence-electron chi connectivity index (χ0n) is 10.1. The average molecular weight is 282 g/mol. The molecule has 1 nitrogen and oxygen atoms in total. The number of rotatable bonds is 3. The molecular weight excluding hydrogens is 262 g/mol. The standard InChI is InChI=1S/C14H20BrN/c1-11(2)14-8-13(15)10-16(14)9-12-6-4-3-5-7-12/h3-7,11,13-14H,8-10H2,1-2H3/t13-,14-/m1/s1. The SMILES string of the molecule is CC(C)[C@H]1C[C@@H](Br)CN1Cc1ccccc1. The van der Waals surface area contributed by atoms with Gasteiger partial charge in [-0.1, -0.05) is 60.1 Å². The van der Waals surface area contributed by atoms with Crippen LogP contribution >= 0.6 is 15.9 Å². The molecular formula is C14H20BrN. The van der Waals surface area contributed by atoms with Crippen LogP contribution in [0.2, 0.25) is 0 Å². The number of alkyl halides is 1. The Morgan fingerprint density at radius 3 is 2.62 bits per heavy atom. The molecule has 1 aromatic rings. The normalized spacial score (nSPS) is 26.5. The fraction of sp³-hybridized carbons (Fsp3) is 0.571. The third-order valence-electron chi connectivity index (χ3n) is 3.40. The van der Waals surface area contributed by atoms with Gasteiger partial charge in [0.25, 0.3) is 0 Å². The number of nitrogens with zero attached hydrogens (tertiary/aromatic N) is 1. The Labute approximate surface area is 107 Å². The van der Waals surface area contributed by atoms with Gasteiger partial charge >= 0.3 is 0 Å². The largest absolute Gasteiger partial charge is 0.295 e. The molecule has 16 heavy (non-hydrogen) atoms. The van der Waals surface area contributed by atoms with Crippen molar-refractivity contribution < 1.29 is 0 Å². The molecule has 1 aliphatic rings. The lowest BCUT2D eigenvalue weighted by molar-refractivity contribution is 0.199. The van der Waals surface area contributed by atoms with Gasteiger partial charge in [-0.3, -0.25) is 4.90 Å². The van der Waals surface area contributed by atoms with Gasteiger partial charge in [0.05, 0.1) is 0 Å². The van der Waals surface area contributed by atoms with Gasteiger partial charge in [-0.25, -0.2) is 0 Å². The molecule has 0 unspecified atom stereocenters. The predicted molar refractivity (Wildman–Crippen MR) is 72.8 cm³/mol. The molecule has 0 radical (unpaired) electrons. The fourth-order valence-corrected chi connectivity index (χ4v) is 3.32. The minimum absolute atomic E-state index is 0.670. The highest BCUT2D eigenvalue weighted by Gasteiger charge is 2.32. The van der Waals surface area contributed by atoms with Gasteiger partial charge in [0, 0.05) is 24.0 Å². The minimum atomic E-state index is 0.670. The molecule has 1 fully saturated rings. The van der Waals surface area contributed by atoms with Gasteiger partial charge in [0.15, 0.2) is 0 Å². The molecule has 0 bridgehead atoms. The Morgan fingerprint density at radius 1 is 1.31 bits per heavy atom. The van der Waals surface area contributed by atoms with E-state index in [1.54, 1.807) is 0 Å². The molecule has 88 valence electrons. The van der Waals surface area contributed by atoms with Gasteiger partial charge in [0.1, 0.15) is 0 Å². The van der Waals surface area contributed by atoms with Gasteiger partial charge in [-0.05, 0) is 17.9 Å². The van der Waals surface area contributed by atoms with Gasteiger partial charge in [-0.2, -0.15) is 0 Å². The Balaban J connectivity index is 2.03. The number of halogens is 1. The van der Waals surface area contributed by atoms with Crippen molar-refractivity contribution >= 4 is 15.9 Å². The summed E-state index contributed by atoms with van der Waals surface area (Å²) in [5.41, 5.74) is 1.43. The average Bonchev–Trinajstić information content (AvgIpc) is 2.61. The van der Waals surface area contributed by atoms with E-state index in [0.29, 0.717) is 4.83 Å². The summed E-state index contributed by atoms with van der Waals surface area (Å²) in [6, 6.07) is 11.5. The van der Waals surface area contributed by atoms with Crippen LogP contribution in [0.15, 0.2) is 30.3 Å². The first-order valence-corrected chi connectivity index (χ1v) is 7.00. The Hall–Kier alpha value is -0.340. The van der Waals surface area contributed by atoms with Crippen LogP contribution in [0.1, 0.15) is 25.8 Å². The summed E-state index contributed by atoms with van der Waals surface area (Å²) in [5, 5.41) is 0. The molecule has 2 rings (SSSR count). The lowest BCUT2D eigenvalue weighted by Gasteiger charge is -2.27. The van der Waals surface area contributed by atoms with Crippen LogP contribution in [0.4, 0.5) is 0 Å². The Morgan fingerprint density at radius 2 is 2.00 bits per heavy atom. The summed E-state index contributed by atoms with van der Waals surface area (Å²) in [6.07, 6.45) is 1.28. The van der Waals surface area contributed by atoms with Crippen molar-refractivity contribution in [1.82, 2.24) is 4.90 Å². The van der Waals surface area contributed by atoms with Crippen LogP contribution in [-0.2, 0) is 6.54 Å². The second kappa shape index (κ2) is 5.33. The van der Waals surface area contributed by atoms with Gasteiger partial charge in [-0.15, -0.1) is 0 Å². The molecule has 1 aromatic carbocycles. The van der Waals surface area contributed by atoms with E-state index in [1.807, 2.05) is 0 Å². The number of hydrogen-bond donors (Lipinski definition) is 0. The molecule has 1 heterocycles. The molecule has 1 saturated heterocycles. The second-order valence-corrected chi connectivity index (χ2v) is 6.35. The molecule has 0 amide bonds. The van der Waals surface area contributed by atoms with Crippen LogP contribution < -0.4 is 0 Å². The van der Waals surface area contributed by atoms with Crippen molar-refractivity contribution in [2.24, 2.45) is 5.92 Å². The molecule has 0 N–H and O–H groups in total. The van der Waals surface area contributed by atoms with E-state index in [1.165, 1.54) is 18.5 Å². The lowest BCUT2D eigenvalue weighted by Crippen LogP contribution is -2.32. The zero-order chi connectivity index (χ0) is 11.5. The Kier molecular flexibility index (Phi) is 4.04. The summed E-state index contributed by atoms with van der Waals surface area (Å²) < 4.78 is 0. The summed E-state index contributed by atoms with van der Waals surface area (Å²) in [5.74, 6) is 0.742. The van der Waals surface area contributed by atoms with Gasteiger partial charge < -0.3 is 0 Å². The van der Waals surface area contributed by atoms with Crippen LogP contribution in [0, 0.1) is 5.92 Å². The highest BCUT2D eigenvalue weighted by atomic mass is 79.9. The highest BCUT2D eigenvalue weighted by molar-refractivity contribution is 9.09. The molecule has 2 atom stereocenters. The van der Waals surface area contributed by atoms with Crippen molar-refractivity contribution in [1.29, 1.82) is 0 Å². The summed E-state index contributed by atoms with van der Waals surface area (Å²) >= 11 is 3.76. The first kappa shape index (κ1) is 12.1. The smallest absolute Gasteiger partial charge is 0.0288 e. The summed E-state index contributed by atoms with van der Waals surface area (Å²) in [6.45, 7) is 6.92. The second-order valence-electron chi connectivity index (χ2n) is 5.06. The summed E-state index contributed by atoms with van der Waals surface area (Å²) in [4.78, 5) is 3.28. The maximum atomic E-state index is 3.76. The number of hydrogen-bond acceptors (Lipinski definition) is 1. The quantitative estimate of drug-likeness (QED) is 0.764. The highest BCUT2D eigenvalue weighted by Crippen LogP contribution is 2.29. The third-order valence-corrected chi connectivity index (χ3v) is 4.06. The lowest BCUT2D eigenvalue weighted by atomic mass is 10.0. The van der Waals surface area contributed by atoms with Gasteiger partial charge in [0.2, 0.25) is 0 Å². The van der Waals surface area contributed by atoms with E-state index in [-0.39, 0.29) is 0 Å². The Bertz CT molecular complexity index is 323. The third kappa shape index (κ3) is 2.86. The van der Waals surface area contributed by atoms with Crippen LogP contribution in [0.5, 0.6) is 0 Å². The van der Waals surface area contributed by atoms with Crippen molar-refractivity contribution in [2.75, 3.05) is 6.54 Å². The van der Waals surface area contributed by atoms with E-state index in [9.17, 15) is 0 Å². The van der Waals surface area contributed by atoms with Crippen LogP contribution in [0.25, 0.3) is 0 Å². The zero-order valence-corrected chi connectivity index (χ0v) is 11.7. The summed E-state index contributed by atoms with van der Waals surface area (Å²) in [7, 11) is 0. The molecule has 0 spiro atoms. The van der Waals surface area contributed by atoms with Crippen LogP contribution in [0.3, 0.4) is 0 Å². The first-order chi connectivity index (χ1) is 7.66. The van der Waals surface area contributed by atoms with E-state index in [0.717, 1.165) is 18.5 Å². The molecule has 0 aliphatic carbocycles. The first-order valence-electron chi connectivity index (χ1n) is 6.09. The number of likely N-dealkylation sites (tertiary alicyclic amines) is 1. The molecule has 0 aromatic heterocycles. The monoisotopic (exact) mass is 281 g/mol. The van der Waals surface area contributed by atoms with E-state index in [4.69, 9.17) is 0 Å². The number of benzene rings is 1. The van der Waals surface area contributed by atoms with Crippen LogP contribution in [-0.4, -0.2) is 22.3 Å². The maximum Gasteiger partial charge on any atom is 0.0288 e. The minimum Gasteiger partial charge on any atom is -0.295 e. The molecule has 1 aliphatic heterocycles. The topological polar surface area (TPSA) is 3.24 Å². The van der Waals surface area contributed by atoms with E-state index in [2.05, 4.69) is 65.0 Å². The van der Waals surface area contributed by atoms with Crippen molar-refractivity contribution in [3.8, 4) is 0 Å². The van der Waals surface area contributed by atoms with Crippen molar-refractivity contribution in [2.45, 2.75) is 37.7 Å². The maximum absolute atomic E-state index is 3.76. The van der Waals surface area contributed by atoms with Crippen molar-refractivity contribution in [3.05, 3.63) is 35.9 Å². The molecule has 0 saturated carbocycles. The van der Waals surface area contributed by atoms with E-state index >= 15 is 0 Å². The fourth-order valence-electron chi connectivity index (χ4n) is 2.57. The molecule has 2 heteroatoms.